The molecule has 2 rings (SSSR count). The van der Waals surface area contributed by atoms with E-state index in [1.165, 1.54) is 19.6 Å². The van der Waals surface area contributed by atoms with Crippen molar-refractivity contribution in [1.82, 2.24) is 4.57 Å². The Labute approximate surface area is 96.6 Å². The van der Waals surface area contributed by atoms with Gasteiger partial charge in [-0.25, -0.2) is 9.18 Å². The van der Waals surface area contributed by atoms with Gasteiger partial charge in [0.25, 0.3) is 0 Å². The lowest BCUT2D eigenvalue weighted by Crippen LogP contribution is -2.06. The van der Waals surface area contributed by atoms with Gasteiger partial charge in [-0.1, -0.05) is 0 Å². The number of hydrogen-bond donors (Lipinski definition) is 0. The van der Waals surface area contributed by atoms with Crippen molar-refractivity contribution in [3.8, 4) is 5.75 Å². The molecule has 0 fully saturated rings. The van der Waals surface area contributed by atoms with Crippen LogP contribution >= 0.6 is 0 Å². The van der Waals surface area contributed by atoms with E-state index >= 15 is 0 Å². The van der Waals surface area contributed by atoms with Crippen LogP contribution in [0.1, 0.15) is 5.56 Å². The number of oxazole rings is 1. The van der Waals surface area contributed by atoms with E-state index in [1.807, 2.05) is 0 Å². The molecule has 0 N–H and O–H groups in total. The van der Waals surface area contributed by atoms with Crippen LogP contribution in [0.4, 0.5) is 4.39 Å². The Kier molecular flexibility index (Phi) is 3.09. The number of rotatable bonds is 3. The predicted molar refractivity (Wildman–Crippen MR) is 61.2 cm³/mol. The maximum absolute atomic E-state index is 13.7. The van der Waals surface area contributed by atoms with E-state index < -0.39 is 11.6 Å². The van der Waals surface area contributed by atoms with Crippen LogP contribution in [-0.2, 0) is 0 Å². The summed E-state index contributed by atoms with van der Waals surface area (Å²) in [7, 11) is 1.53. The Bertz CT molecular complexity index is 580. The summed E-state index contributed by atoms with van der Waals surface area (Å²) in [5.41, 5.74) is 0.360. The van der Waals surface area contributed by atoms with E-state index in [0.29, 0.717) is 11.3 Å². The second kappa shape index (κ2) is 4.69. The Balaban J connectivity index is 2.30. The molecular weight excluding hydrogens is 225 g/mol. The van der Waals surface area contributed by atoms with Crippen LogP contribution in [0.15, 0.2) is 45.9 Å². The molecule has 0 aliphatic rings. The molecule has 0 atom stereocenters. The lowest BCUT2D eigenvalue weighted by atomic mass is 10.2. The van der Waals surface area contributed by atoms with Crippen LogP contribution in [0.25, 0.3) is 12.0 Å². The summed E-state index contributed by atoms with van der Waals surface area (Å²) in [6, 6.07) is 6.41. The standard InChI is InChI=1S/C12H10FNO3/c1-16-10-4-2-9(3-5-10)11(13)8-14-6-7-17-12(14)15/h2-8H,1H3/b11-8-. The molecule has 17 heavy (non-hydrogen) atoms. The van der Waals surface area contributed by atoms with Crippen LogP contribution in [0.2, 0.25) is 0 Å². The average molecular weight is 235 g/mol. The second-order valence-corrected chi connectivity index (χ2v) is 3.28. The number of methoxy groups -OCH3 is 1. The lowest BCUT2D eigenvalue weighted by Gasteiger charge is -2.01. The molecule has 2 aromatic rings. The number of hydrogen-bond acceptors (Lipinski definition) is 3. The third kappa shape index (κ3) is 2.44. The van der Waals surface area contributed by atoms with Gasteiger partial charge in [0.15, 0.2) is 0 Å². The minimum Gasteiger partial charge on any atom is -0.497 e. The Hall–Kier alpha value is -2.30. The Morgan fingerprint density at radius 1 is 1.41 bits per heavy atom. The molecule has 0 amide bonds. The predicted octanol–water partition coefficient (Wildman–Crippen LogP) is 2.38. The van der Waals surface area contributed by atoms with Gasteiger partial charge in [0.05, 0.1) is 19.5 Å². The lowest BCUT2D eigenvalue weighted by molar-refractivity contribution is 0.414. The van der Waals surface area contributed by atoms with E-state index in [1.54, 1.807) is 24.3 Å². The van der Waals surface area contributed by atoms with E-state index in [9.17, 15) is 9.18 Å². The molecule has 0 bridgehead atoms. The minimum absolute atomic E-state index is 0.360. The van der Waals surface area contributed by atoms with Gasteiger partial charge >= 0.3 is 5.76 Å². The van der Waals surface area contributed by atoms with Gasteiger partial charge in [0.1, 0.15) is 17.8 Å². The largest absolute Gasteiger partial charge is 0.497 e. The molecule has 0 unspecified atom stereocenters. The third-order valence-electron chi connectivity index (χ3n) is 2.22. The van der Waals surface area contributed by atoms with Gasteiger partial charge in [-0.3, -0.25) is 4.57 Å². The molecule has 88 valence electrons. The fourth-order valence-corrected chi connectivity index (χ4v) is 1.32. The normalized spacial score (nSPS) is 11.5. The summed E-state index contributed by atoms with van der Waals surface area (Å²) in [6.07, 6.45) is 3.60. The van der Waals surface area contributed by atoms with Gasteiger partial charge in [-0.05, 0) is 24.3 Å². The van der Waals surface area contributed by atoms with Gasteiger partial charge in [0.2, 0.25) is 0 Å². The molecular formula is C12H10FNO3. The molecule has 0 saturated carbocycles. The number of nitrogens with zero attached hydrogens (tertiary/aromatic N) is 1. The van der Waals surface area contributed by atoms with Crippen molar-refractivity contribution in [3.05, 3.63) is 52.8 Å². The molecule has 5 heteroatoms. The average Bonchev–Trinajstić information content (AvgIpc) is 2.75. The maximum Gasteiger partial charge on any atom is 0.423 e. The first-order valence-corrected chi connectivity index (χ1v) is 4.88. The third-order valence-corrected chi connectivity index (χ3v) is 2.22. The van der Waals surface area contributed by atoms with Crippen molar-refractivity contribution in [2.75, 3.05) is 7.11 Å². The Morgan fingerprint density at radius 2 is 2.12 bits per heavy atom. The van der Waals surface area contributed by atoms with Gasteiger partial charge in [0, 0.05) is 5.56 Å². The molecule has 0 aliphatic heterocycles. The Morgan fingerprint density at radius 3 is 2.65 bits per heavy atom. The summed E-state index contributed by atoms with van der Waals surface area (Å²) in [4.78, 5) is 11.1. The SMILES string of the molecule is COc1ccc(/C(F)=C/n2ccoc2=O)cc1. The van der Waals surface area contributed by atoms with E-state index in [-0.39, 0.29) is 0 Å². The summed E-state index contributed by atoms with van der Waals surface area (Å²) >= 11 is 0. The maximum atomic E-state index is 13.7. The number of aromatic nitrogens is 1. The molecule has 0 radical (unpaired) electrons. The fraction of sp³-hybridized carbons (Fsp3) is 0.0833. The smallest absolute Gasteiger partial charge is 0.423 e. The number of halogens is 1. The van der Waals surface area contributed by atoms with E-state index in [4.69, 9.17) is 4.74 Å². The second-order valence-electron chi connectivity index (χ2n) is 3.28. The molecule has 1 aromatic heterocycles. The zero-order valence-electron chi connectivity index (χ0n) is 9.09. The quantitative estimate of drug-likeness (QED) is 0.820. The summed E-state index contributed by atoms with van der Waals surface area (Å²) < 4.78 is 24.2. The molecule has 0 saturated heterocycles. The van der Waals surface area contributed by atoms with Crippen molar-refractivity contribution in [3.63, 3.8) is 0 Å². The van der Waals surface area contributed by atoms with Gasteiger partial charge < -0.3 is 9.15 Å². The minimum atomic E-state index is -0.631. The highest BCUT2D eigenvalue weighted by Crippen LogP contribution is 2.19. The number of ether oxygens (including phenoxy) is 1. The highest BCUT2D eigenvalue weighted by Gasteiger charge is 2.02. The first-order chi connectivity index (χ1) is 8.20. The van der Waals surface area contributed by atoms with Crippen molar-refractivity contribution < 1.29 is 13.5 Å². The zero-order valence-corrected chi connectivity index (χ0v) is 9.09. The van der Waals surface area contributed by atoms with Crippen LogP contribution in [-0.4, -0.2) is 11.7 Å². The van der Waals surface area contributed by atoms with Crippen LogP contribution < -0.4 is 10.5 Å². The first-order valence-electron chi connectivity index (χ1n) is 4.88. The summed E-state index contributed by atoms with van der Waals surface area (Å²) in [5, 5.41) is 0. The summed E-state index contributed by atoms with van der Waals surface area (Å²) in [6.45, 7) is 0. The van der Waals surface area contributed by atoms with Gasteiger partial charge in [-0.15, -0.1) is 0 Å². The molecule has 1 aromatic carbocycles. The molecule has 4 nitrogen and oxygen atoms in total. The van der Waals surface area contributed by atoms with E-state index in [0.717, 1.165) is 10.8 Å². The summed E-state index contributed by atoms with van der Waals surface area (Å²) in [5.74, 6) is -0.521. The van der Waals surface area contributed by atoms with E-state index in [2.05, 4.69) is 4.42 Å². The monoisotopic (exact) mass is 235 g/mol. The molecule has 1 heterocycles. The van der Waals surface area contributed by atoms with Gasteiger partial charge in [-0.2, -0.15) is 0 Å². The van der Waals surface area contributed by atoms with Crippen molar-refractivity contribution in [2.24, 2.45) is 0 Å². The molecule has 0 spiro atoms. The van der Waals surface area contributed by atoms with Crippen molar-refractivity contribution in [2.45, 2.75) is 0 Å². The first kappa shape index (κ1) is 11.2. The fourth-order valence-electron chi connectivity index (χ4n) is 1.32. The van der Waals surface area contributed by atoms with Crippen LogP contribution in [0.3, 0.4) is 0 Å². The van der Waals surface area contributed by atoms with Crippen LogP contribution in [0.5, 0.6) is 5.75 Å². The highest BCUT2D eigenvalue weighted by atomic mass is 19.1. The van der Waals surface area contributed by atoms with Crippen molar-refractivity contribution in [1.29, 1.82) is 0 Å². The topological polar surface area (TPSA) is 44.4 Å². The number of benzene rings is 1. The van der Waals surface area contributed by atoms with Crippen molar-refractivity contribution >= 4 is 12.0 Å². The van der Waals surface area contributed by atoms with Crippen LogP contribution in [0, 0.1) is 0 Å². The zero-order chi connectivity index (χ0) is 12.3. The highest BCUT2D eigenvalue weighted by molar-refractivity contribution is 5.69. The molecule has 0 aliphatic carbocycles.